The maximum Gasteiger partial charge on any atom is 0.135 e. The lowest BCUT2D eigenvalue weighted by atomic mass is 9.97. The van der Waals surface area contributed by atoms with E-state index in [2.05, 4.69) is 498 Å². The Morgan fingerprint density at radius 2 is 0.397 bits per heavy atom. The van der Waals surface area contributed by atoms with E-state index in [1.54, 1.807) is 0 Å². The molecule has 19 aromatic carbocycles. The molecule has 0 aliphatic carbocycles. The molecule has 0 radical (unpaired) electrons. The maximum absolute atomic E-state index is 6.08. The zero-order valence-corrected chi connectivity index (χ0v) is 70.4. The van der Waals surface area contributed by atoms with Crippen LogP contribution in [0.4, 0.5) is 0 Å². The van der Waals surface area contributed by atoms with Crippen molar-refractivity contribution < 1.29 is 4.42 Å². The Morgan fingerprint density at radius 3 is 0.835 bits per heavy atom. The number of aromatic nitrogens is 3. The van der Waals surface area contributed by atoms with Gasteiger partial charge in [0.2, 0.25) is 0 Å². The minimum Gasteiger partial charge on any atom is -0.456 e. The molecule has 0 aliphatic rings. The molecule has 0 bridgehead atoms. The largest absolute Gasteiger partial charge is 0.456 e. The van der Waals surface area contributed by atoms with E-state index < -0.39 is 0 Å². The quantitative estimate of drug-likeness (QED) is 0.120. The molecule has 0 saturated heterocycles. The summed E-state index contributed by atoms with van der Waals surface area (Å²) >= 11 is 10.7. The van der Waals surface area contributed by atoms with Crippen molar-refractivity contribution in [2.75, 3.05) is 0 Å². The van der Waals surface area contributed by atoms with Crippen LogP contribution in [-0.4, -0.2) is 13.7 Å². The molecule has 0 amide bonds. The van der Waals surface area contributed by atoms with E-state index in [1.165, 1.54) is 177 Å². The molecule has 121 heavy (non-hydrogen) atoms. The minimum absolute atomic E-state index is 0.904. The van der Waals surface area contributed by atoms with Crippen molar-refractivity contribution in [2.45, 2.75) is 0 Å². The molecule has 23 aromatic rings. The van der Waals surface area contributed by atoms with Crippen molar-refractivity contribution in [3.05, 3.63) is 462 Å². The van der Waals surface area contributed by atoms with E-state index in [0.717, 1.165) is 41.0 Å². The van der Waals surface area contributed by atoms with Gasteiger partial charge in [0.25, 0.3) is 0 Å². The van der Waals surface area contributed by atoms with Crippen molar-refractivity contribution in [3.63, 3.8) is 0 Å². The van der Waals surface area contributed by atoms with Gasteiger partial charge in [-0.15, -0.1) is 0 Å². The van der Waals surface area contributed by atoms with Crippen molar-refractivity contribution in [1.82, 2.24) is 13.7 Å². The molecule has 0 unspecified atom stereocenters. The first-order valence-electron chi connectivity index (χ1n) is 40.7. The topological polar surface area (TPSA) is 27.9 Å². The van der Waals surface area contributed by atoms with Gasteiger partial charge in [-0.25, -0.2) is 0 Å². The highest BCUT2D eigenvalue weighted by Gasteiger charge is 2.21. The Morgan fingerprint density at radius 1 is 0.140 bits per heavy atom. The van der Waals surface area contributed by atoms with E-state index >= 15 is 0 Å². The summed E-state index contributed by atoms with van der Waals surface area (Å²) in [5.41, 5.74) is 34.2. The highest BCUT2D eigenvalue weighted by molar-refractivity contribution is 9.11. The fourth-order valence-electron chi connectivity index (χ4n) is 17.5. The smallest absolute Gasteiger partial charge is 0.135 e. The first-order chi connectivity index (χ1) is 59.7. The lowest BCUT2D eigenvalue weighted by Gasteiger charge is -2.14. The number of para-hydroxylation sites is 4. The molecular formula is C114H74Br3N3O. The van der Waals surface area contributed by atoms with Crippen molar-refractivity contribution in [1.29, 1.82) is 0 Å². The monoisotopic (exact) mass is 1740 g/mol. The van der Waals surface area contributed by atoms with Gasteiger partial charge in [0, 0.05) is 73.6 Å². The SMILES string of the molecule is Brc1ccc(-c2cccc(-c3ccc4c5ccccc5n(-c5cc(-c6ccccc6)cc(-c6ccccc6)c5)c4c3)c2)cc1.Brc1ccc(-c2cccc(-c3ccc4c5ccccc5n(-c5cccc(-c6ccccc6)c5)c4c3)c2)cc1.Brc1ccc2oc3ccc(-c4cccc(-c5ccc6c7ccccc7n(-c7ccccc7)c6c5)c4)cc3c2c1. The van der Waals surface area contributed by atoms with Crippen LogP contribution in [0.5, 0.6) is 0 Å². The van der Waals surface area contributed by atoms with Gasteiger partial charge in [-0.05, 0) is 252 Å². The summed E-state index contributed by atoms with van der Waals surface area (Å²) in [7, 11) is 0. The molecule has 4 nitrogen and oxygen atoms in total. The predicted octanol–water partition coefficient (Wildman–Crippen LogP) is 33.5. The fraction of sp³-hybridized carbons (Fsp3) is 0. The van der Waals surface area contributed by atoms with Crippen LogP contribution < -0.4 is 0 Å². The molecule has 572 valence electrons. The third-order valence-electron chi connectivity index (χ3n) is 23.3. The van der Waals surface area contributed by atoms with Crippen LogP contribution in [0.15, 0.2) is 467 Å². The van der Waals surface area contributed by atoms with Gasteiger partial charge in [-0.3, -0.25) is 0 Å². The number of rotatable bonds is 12. The van der Waals surface area contributed by atoms with Crippen molar-refractivity contribution in [2.24, 2.45) is 0 Å². The van der Waals surface area contributed by atoms with Crippen LogP contribution in [0.3, 0.4) is 0 Å². The zero-order valence-electron chi connectivity index (χ0n) is 65.6. The van der Waals surface area contributed by atoms with Gasteiger partial charge in [0.15, 0.2) is 0 Å². The maximum atomic E-state index is 6.08. The summed E-state index contributed by atoms with van der Waals surface area (Å²) in [6.45, 7) is 0. The molecule has 23 rings (SSSR count). The van der Waals surface area contributed by atoms with E-state index in [0.29, 0.717) is 0 Å². The third kappa shape index (κ3) is 14.6. The lowest BCUT2D eigenvalue weighted by Crippen LogP contribution is -1.96. The van der Waals surface area contributed by atoms with Gasteiger partial charge in [0.05, 0.1) is 33.1 Å². The van der Waals surface area contributed by atoms with Gasteiger partial charge in [0.1, 0.15) is 11.2 Å². The highest BCUT2D eigenvalue weighted by Crippen LogP contribution is 2.44. The normalized spacial score (nSPS) is 11.4. The summed E-state index contributed by atoms with van der Waals surface area (Å²) in [6, 6.07) is 161. The first-order valence-corrected chi connectivity index (χ1v) is 43.1. The number of benzene rings is 19. The van der Waals surface area contributed by atoms with Crippen molar-refractivity contribution >= 4 is 135 Å². The summed E-state index contributed by atoms with van der Waals surface area (Å²) in [5, 5.41) is 9.81. The average molecular weight is 1740 g/mol. The molecule has 4 aromatic heterocycles. The molecule has 0 spiro atoms. The number of hydrogen-bond donors (Lipinski definition) is 0. The van der Waals surface area contributed by atoms with E-state index in [-0.39, 0.29) is 0 Å². The van der Waals surface area contributed by atoms with Crippen molar-refractivity contribution in [3.8, 4) is 117 Å². The molecule has 0 N–H and O–H groups in total. The molecule has 7 heteroatoms. The Balaban J connectivity index is 0.000000112. The van der Waals surface area contributed by atoms with Gasteiger partial charge in [-0.1, -0.05) is 345 Å². The van der Waals surface area contributed by atoms with Gasteiger partial charge >= 0.3 is 0 Å². The Kier molecular flexibility index (Phi) is 19.8. The number of hydrogen-bond acceptors (Lipinski definition) is 1. The molecule has 4 heterocycles. The number of furan rings is 1. The third-order valence-corrected chi connectivity index (χ3v) is 24.9. The van der Waals surface area contributed by atoms with E-state index in [4.69, 9.17) is 4.42 Å². The summed E-state index contributed by atoms with van der Waals surface area (Å²) < 4.78 is 16.5. The number of fused-ring (bicyclic) bond motifs is 12. The first kappa shape index (κ1) is 74.4. The second kappa shape index (κ2) is 32.3. The van der Waals surface area contributed by atoms with Crippen LogP contribution in [0.1, 0.15) is 0 Å². The number of halogens is 3. The summed E-state index contributed by atoms with van der Waals surface area (Å²) in [4.78, 5) is 0. The minimum atomic E-state index is 0.904. The Hall–Kier alpha value is -14.2. The predicted molar refractivity (Wildman–Crippen MR) is 522 cm³/mol. The highest BCUT2D eigenvalue weighted by atomic mass is 79.9. The summed E-state index contributed by atoms with van der Waals surface area (Å²) in [5.74, 6) is 0. The van der Waals surface area contributed by atoms with Crippen LogP contribution in [0.25, 0.3) is 205 Å². The van der Waals surface area contributed by atoms with Gasteiger partial charge in [-0.2, -0.15) is 0 Å². The second-order valence-electron chi connectivity index (χ2n) is 30.7. The number of nitrogens with zero attached hydrogens (tertiary/aromatic N) is 3. The molecular weight excluding hydrogens is 1670 g/mol. The lowest BCUT2D eigenvalue weighted by molar-refractivity contribution is 0.669. The zero-order chi connectivity index (χ0) is 80.9. The van der Waals surface area contributed by atoms with Gasteiger partial charge < -0.3 is 18.1 Å². The fourth-order valence-corrected chi connectivity index (χ4v) is 18.4. The van der Waals surface area contributed by atoms with E-state index in [9.17, 15) is 0 Å². The van der Waals surface area contributed by atoms with Crippen LogP contribution in [0.2, 0.25) is 0 Å². The summed E-state index contributed by atoms with van der Waals surface area (Å²) in [6.07, 6.45) is 0. The van der Waals surface area contributed by atoms with Crippen LogP contribution in [-0.2, 0) is 0 Å². The van der Waals surface area contributed by atoms with Crippen LogP contribution in [0, 0.1) is 0 Å². The molecule has 0 saturated carbocycles. The van der Waals surface area contributed by atoms with E-state index in [1.807, 2.05) is 12.1 Å². The second-order valence-corrected chi connectivity index (χ2v) is 33.5. The average Bonchev–Trinajstić information content (AvgIpc) is 1.59. The van der Waals surface area contributed by atoms with Crippen LogP contribution >= 0.6 is 47.8 Å². The Bertz CT molecular complexity index is 7780. The molecule has 0 fully saturated rings. The standard InChI is InChI=1S/C42H28BrN.C36H22BrNO.C36H24BrN/c43-37-21-18-31(19-22-37)32-14-9-15-33(24-32)34-20-23-40-39-16-7-8-17-41(39)44(42(40)28-34)38-26-35(29-10-3-1-4-11-29)25-36(27-38)30-12-5-2-6-13-30;37-27-15-18-36-32(22-27)31-20-25(14-17-35(31)39-36)23-7-6-8-24(19-23)26-13-16-30-29-11-4-5-12-33(29)38(34(30)21-26)28-9-2-1-3-10-28;37-31-19-16-26(17-20-31)27-10-6-11-28(22-27)30-18-21-34-33-14-4-5-15-35(33)38(36(34)24-30)32-13-7-12-29(23-32)25-8-2-1-3-9-25/h1-28H;1-22H;1-24H. The molecule has 0 atom stereocenters. The molecule has 0 aliphatic heterocycles. The Labute approximate surface area is 726 Å².